The van der Waals surface area contributed by atoms with Gasteiger partial charge in [-0.3, -0.25) is 0 Å². The molecule has 0 aromatic heterocycles. The number of carbonyl (C=O) groups excluding carboxylic acids is 1. The van der Waals surface area contributed by atoms with Crippen LogP contribution in [0, 0.1) is 0 Å². The lowest BCUT2D eigenvalue weighted by atomic mass is 10.1. The first kappa shape index (κ1) is 18.5. The third-order valence-electron chi connectivity index (χ3n) is 3.14. The molecule has 0 saturated carbocycles. The summed E-state index contributed by atoms with van der Waals surface area (Å²) < 4.78 is 5.20. The molecule has 0 fully saturated rings. The number of unbranched alkanes of at least 4 members (excludes halogenated alkanes) is 1. The highest BCUT2D eigenvalue weighted by Crippen LogP contribution is 2.07. The minimum absolute atomic E-state index is 0.357. The van der Waals surface area contributed by atoms with E-state index in [1.54, 1.807) is 0 Å². The minimum Gasteiger partial charge on any atom is -0.444 e. The Labute approximate surface area is 134 Å². The number of rotatable bonds is 8. The molecule has 4 nitrogen and oxygen atoms in total. The van der Waals surface area contributed by atoms with Crippen LogP contribution in [0.5, 0.6) is 0 Å². The van der Waals surface area contributed by atoms with Crippen LogP contribution in [0.15, 0.2) is 24.3 Å². The smallest absolute Gasteiger partial charge is 0.407 e. The second kappa shape index (κ2) is 9.46. The van der Waals surface area contributed by atoms with Crippen LogP contribution >= 0.6 is 0 Å². The van der Waals surface area contributed by atoms with Gasteiger partial charge in [-0.2, -0.15) is 0 Å². The number of alkyl carbamates (subject to hydrolysis) is 1. The fourth-order valence-corrected chi connectivity index (χ4v) is 1.98. The zero-order chi connectivity index (χ0) is 16.4. The van der Waals surface area contributed by atoms with Crippen LogP contribution in [0.2, 0.25) is 0 Å². The number of hydrogen-bond acceptors (Lipinski definition) is 3. The molecule has 124 valence electrons. The zero-order valence-corrected chi connectivity index (χ0v) is 14.4. The van der Waals surface area contributed by atoms with Gasteiger partial charge >= 0.3 is 6.09 Å². The van der Waals surface area contributed by atoms with E-state index >= 15 is 0 Å². The van der Waals surface area contributed by atoms with Crippen LogP contribution in [-0.2, 0) is 17.7 Å². The molecular formula is C18H30N2O2. The SMILES string of the molecule is CCCCNCc1ccc(CCNC(=O)OC(C)(C)C)cc1. The Hall–Kier alpha value is -1.55. The first-order valence-corrected chi connectivity index (χ1v) is 8.16. The van der Waals surface area contributed by atoms with Gasteiger partial charge in [0.25, 0.3) is 0 Å². The van der Waals surface area contributed by atoms with E-state index in [2.05, 4.69) is 41.8 Å². The summed E-state index contributed by atoms with van der Waals surface area (Å²) in [6.45, 7) is 10.3. The van der Waals surface area contributed by atoms with Gasteiger partial charge in [0.1, 0.15) is 5.60 Å². The average molecular weight is 306 g/mol. The molecule has 22 heavy (non-hydrogen) atoms. The van der Waals surface area contributed by atoms with Crippen molar-refractivity contribution in [2.24, 2.45) is 0 Å². The summed E-state index contributed by atoms with van der Waals surface area (Å²) in [7, 11) is 0. The van der Waals surface area contributed by atoms with Crippen LogP contribution in [0.4, 0.5) is 4.79 Å². The molecule has 0 heterocycles. The quantitative estimate of drug-likeness (QED) is 0.721. The Morgan fingerprint density at radius 3 is 2.32 bits per heavy atom. The van der Waals surface area contributed by atoms with Crippen molar-refractivity contribution in [1.82, 2.24) is 10.6 Å². The van der Waals surface area contributed by atoms with E-state index in [-0.39, 0.29) is 6.09 Å². The topological polar surface area (TPSA) is 50.4 Å². The molecule has 0 radical (unpaired) electrons. The standard InChI is InChI=1S/C18H30N2O2/c1-5-6-12-19-14-16-9-7-15(8-10-16)11-13-20-17(21)22-18(2,3)4/h7-10,19H,5-6,11-14H2,1-4H3,(H,20,21). The van der Waals surface area contributed by atoms with E-state index in [1.807, 2.05) is 20.8 Å². The van der Waals surface area contributed by atoms with Crippen LogP contribution < -0.4 is 10.6 Å². The fourth-order valence-electron chi connectivity index (χ4n) is 1.98. The average Bonchev–Trinajstić information content (AvgIpc) is 2.43. The predicted octanol–water partition coefficient (Wildman–Crippen LogP) is 3.64. The monoisotopic (exact) mass is 306 g/mol. The van der Waals surface area contributed by atoms with Crippen molar-refractivity contribution in [3.05, 3.63) is 35.4 Å². The molecular weight excluding hydrogens is 276 g/mol. The third-order valence-corrected chi connectivity index (χ3v) is 3.14. The van der Waals surface area contributed by atoms with Crippen molar-refractivity contribution >= 4 is 6.09 Å². The summed E-state index contributed by atoms with van der Waals surface area (Å²) >= 11 is 0. The Bertz CT molecular complexity index is 435. The number of carbonyl (C=O) groups is 1. The molecule has 1 amide bonds. The molecule has 1 aromatic rings. The fraction of sp³-hybridized carbons (Fsp3) is 0.611. The first-order chi connectivity index (χ1) is 10.4. The number of hydrogen-bond donors (Lipinski definition) is 2. The largest absolute Gasteiger partial charge is 0.444 e. The van der Waals surface area contributed by atoms with Crippen molar-refractivity contribution in [3.63, 3.8) is 0 Å². The summed E-state index contributed by atoms with van der Waals surface area (Å²) in [5, 5.41) is 6.21. The highest BCUT2D eigenvalue weighted by Gasteiger charge is 2.15. The maximum absolute atomic E-state index is 11.5. The van der Waals surface area contributed by atoms with E-state index < -0.39 is 5.60 Å². The summed E-state index contributed by atoms with van der Waals surface area (Å²) in [5.41, 5.74) is 2.06. The van der Waals surface area contributed by atoms with Gasteiger partial charge in [-0.25, -0.2) is 4.79 Å². The van der Waals surface area contributed by atoms with Crippen molar-refractivity contribution in [2.75, 3.05) is 13.1 Å². The minimum atomic E-state index is -0.448. The predicted molar refractivity (Wildman–Crippen MR) is 91.0 cm³/mol. The maximum Gasteiger partial charge on any atom is 0.407 e. The molecule has 0 saturated heterocycles. The van der Waals surface area contributed by atoms with Gasteiger partial charge in [-0.1, -0.05) is 37.6 Å². The van der Waals surface area contributed by atoms with Crippen LogP contribution in [0.3, 0.4) is 0 Å². The highest BCUT2D eigenvalue weighted by atomic mass is 16.6. The summed E-state index contributed by atoms with van der Waals surface area (Å²) in [6.07, 6.45) is 2.89. The molecule has 0 spiro atoms. The third kappa shape index (κ3) is 8.67. The summed E-state index contributed by atoms with van der Waals surface area (Å²) in [5.74, 6) is 0. The van der Waals surface area contributed by atoms with Gasteiger partial charge in [0.05, 0.1) is 0 Å². The molecule has 1 aromatic carbocycles. The molecule has 0 aliphatic rings. The van der Waals surface area contributed by atoms with E-state index in [0.29, 0.717) is 6.54 Å². The van der Waals surface area contributed by atoms with Gasteiger partial charge in [0.2, 0.25) is 0 Å². The van der Waals surface area contributed by atoms with Crippen molar-refractivity contribution in [2.45, 2.75) is 59.1 Å². The molecule has 1 rings (SSSR count). The summed E-state index contributed by atoms with van der Waals surface area (Å²) in [6, 6.07) is 8.52. The highest BCUT2D eigenvalue weighted by molar-refractivity contribution is 5.67. The Balaban J connectivity index is 2.25. The molecule has 0 aliphatic heterocycles. The number of amides is 1. The first-order valence-electron chi connectivity index (χ1n) is 8.16. The molecule has 0 aliphatic carbocycles. The van der Waals surface area contributed by atoms with Crippen LogP contribution in [0.25, 0.3) is 0 Å². The number of ether oxygens (including phenoxy) is 1. The Morgan fingerprint density at radius 1 is 1.09 bits per heavy atom. The van der Waals surface area contributed by atoms with Gasteiger partial charge in [0, 0.05) is 13.1 Å². The number of nitrogens with one attached hydrogen (secondary N) is 2. The van der Waals surface area contributed by atoms with E-state index in [4.69, 9.17) is 4.74 Å². The van der Waals surface area contributed by atoms with Crippen LogP contribution in [-0.4, -0.2) is 24.8 Å². The van der Waals surface area contributed by atoms with E-state index in [1.165, 1.54) is 24.0 Å². The van der Waals surface area contributed by atoms with Gasteiger partial charge in [-0.15, -0.1) is 0 Å². The van der Waals surface area contributed by atoms with E-state index in [9.17, 15) is 4.79 Å². The van der Waals surface area contributed by atoms with E-state index in [0.717, 1.165) is 19.5 Å². The van der Waals surface area contributed by atoms with Gasteiger partial charge in [-0.05, 0) is 51.3 Å². The van der Waals surface area contributed by atoms with Crippen LogP contribution in [0.1, 0.15) is 51.7 Å². The lowest BCUT2D eigenvalue weighted by Gasteiger charge is -2.19. The second-order valence-corrected chi connectivity index (χ2v) is 6.53. The molecule has 0 atom stereocenters. The Kier molecular flexibility index (Phi) is 7.96. The number of benzene rings is 1. The summed E-state index contributed by atoms with van der Waals surface area (Å²) in [4.78, 5) is 11.5. The lowest BCUT2D eigenvalue weighted by Crippen LogP contribution is -2.33. The Morgan fingerprint density at radius 2 is 1.73 bits per heavy atom. The van der Waals surface area contributed by atoms with Gasteiger partial charge < -0.3 is 15.4 Å². The van der Waals surface area contributed by atoms with Gasteiger partial charge in [0.15, 0.2) is 0 Å². The normalized spacial score (nSPS) is 11.3. The lowest BCUT2D eigenvalue weighted by molar-refractivity contribution is 0.0528. The molecule has 4 heteroatoms. The maximum atomic E-state index is 11.5. The van der Waals surface area contributed by atoms with Crippen molar-refractivity contribution < 1.29 is 9.53 Å². The zero-order valence-electron chi connectivity index (χ0n) is 14.4. The van der Waals surface area contributed by atoms with Crippen molar-refractivity contribution in [3.8, 4) is 0 Å². The second-order valence-electron chi connectivity index (χ2n) is 6.53. The molecule has 2 N–H and O–H groups in total. The molecule has 0 unspecified atom stereocenters. The molecule has 0 bridgehead atoms. The van der Waals surface area contributed by atoms with Crippen molar-refractivity contribution in [1.29, 1.82) is 0 Å².